The molecule has 4 nitrogen and oxygen atoms in total. The molecule has 0 aliphatic heterocycles. The van der Waals surface area contributed by atoms with Gasteiger partial charge in [-0.1, -0.05) is 38.3 Å². The number of aromatic hydroxyl groups is 1. The lowest BCUT2D eigenvalue weighted by Gasteiger charge is -2.34. The van der Waals surface area contributed by atoms with E-state index in [0.717, 1.165) is 12.1 Å². The lowest BCUT2D eigenvalue weighted by atomic mass is 9.75. The van der Waals surface area contributed by atoms with Crippen molar-refractivity contribution in [1.82, 2.24) is 5.32 Å². The van der Waals surface area contributed by atoms with Crippen molar-refractivity contribution in [2.24, 2.45) is 11.1 Å². The molecule has 1 amide bonds. The molecule has 1 atom stereocenters. The molecule has 1 saturated carbocycles. The summed E-state index contributed by atoms with van der Waals surface area (Å²) in [5, 5.41) is 12.3. The Hall–Kier alpha value is -1.55. The zero-order valence-electron chi connectivity index (χ0n) is 12.8. The molecule has 1 aliphatic carbocycles. The summed E-state index contributed by atoms with van der Waals surface area (Å²) in [6, 6.07) is 6.28. The zero-order valence-corrected chi connectivity index (χ0v) is 12.8. The second-order valence-electron chi connectivity index (χ2n) is 6.57. The van der Waals surface area contributed by atoms with Crippen LogP contribution in [0.5, 0.6) is 5.75 Å². The van der Waals surface area contributed by atoms with Crippen LogP contribution >= 0.6 is 0 Å². The molecule has 1 aliphatic rings. The zero-order chi connectivity index (χ0) is 15.3. The van der Waals surface area contributed by atoms with Crippen molar-refractivity contribution < 1.29 is 9.90 Å². The lowest BCUT2D eigenvalue weighted by Crippen LogP contribution is -2.46. The van der Waals surface area contributed by atoms with Gasteiger partial charge in [0.05, 0.1) is 6.04 Å². The van der Waals surface area contributed by atoms with E-state index in [4.69, 9.17) is 5.73 Å². The number of amides is 1. The van der Waals surface area contributed by atoms with Gasteiger partial charge in [0.1, 0.15) is 5.75 Å². The van der Waals surface area contributed by atoms with Gasteiger partial charge in [-0.15, -0.1) is 0 Å². The Morgan fingerprint density at radius 2 is 1.90 bits per heavy atom. The molecule has 21 heavy (non-hydrogen) atoms. The summed E-state index contributed by atoms with van der Waals surface area (Å²) in [6.07, 6.45) is 6.67. The standard InChI is InChI=1S/C17H26N2O2/c1-17(9-3-2-4-10-17)12-19-16(21)15(18)11-13-5-7-14(20)8-6-13/h5-8,15,20H,2-4,9-12,18H2,1H3,(H,19,21). The molecule has 1 aromatic carbocycles. The van der Waals surface area contributed by atoms with Crippen molar-refractivity contribution in [2.45, 2.75) is 51.5 Å². The Labute approximate surface area is 126 Å². The molecule has 1 fully saturated rings. The highest BCUT2D eigenvalue weighted by Gasteiger charge is 2.27. The third-order valence-electron chi connectivity index (χ3n) is 4.48. The van der Waals surface area contributed by atoms with E-state index in [2.05, 4.69) is 12.2 Å². The van der Waals surface area contributed by atoms with E-state index < -0.39 is 6.04 Å². The molecule has 0 saturated heterocycles. The maximum Gasteiger partial charge on any atom is 0.237 e. The topological polar surface area (TPSA) is 75.4 Å². The van der Waals surface area contributed by atoms with Crippen molar-refractivity contribution in [1.29, 1.82) is 0 Å². The Morgan fingerprint density at radius 3 is 2.52 bits per heavy atom. The van der Waals surface area contributed by atoms with Crippen molar-refractivity contribution in [2.75, 3.05) is 6.54 Å². The first-order valence-corrected chi connectivity index (χ1v) is 7.80. The van der Waals surface area contributed by atoms with E-state index in [1.807, 2.05) is 0 Å². The number of phenolic OH excluding ortho intramolecular Hbond substituents is 1. The SMILES string of the molecule is CC1(CNC(=O)C(N)Cc2ccc(O)cc2)CCCCC1. The van der Waals surface area contributed by atoms with Crippen LogP contribution in [0, 0.1) is 5.41 Å². The van der Waals surface area contributed by atoms with E-state index in [0.29, 0.717) is 6.42 Å². The second kappa shape index (κ2) is 6.94. The number of rotatable bonds is 5. The minimum Gasteiger partial charge on any atom is -0.508 e. The first kappa shape index (κ1) is 15.8. The number of carbonyl (C=O) groups excluding carboxylic acids is 1. The van der Waals surface area contributed by atoms with E-state index in [9.17, 15) is 9.90 Å². The number of hydrogen-bond donors (Lipinski definition) is 3. The Bertz CT molecular complexity index is 464. The van der Waals surface area contributed by atoms with Gasteiger partial charge in [-0.25, -0.2) is 0 Å². The largest absolute Gasteiger partial charge is 0.508 e. The number of benzene rings is 1. The van der Waals surface area contributed by atoms with Crippen molar-refractivity contribution in [3.05, 3.63) is 29.8 Å². The van der Waals surface area contributed by atoms with E-state index in [1.165, 1.54) is 32.1 Å². The molecule has 4 heteroatoms. The summed E-state index contributed by atoms with van der Waals surface area (Å²) < 4.78 is 0. The van der Waals surface area contributed by atoms with Gasteiger partial charge < -0.3 is 16.2 Å². The van der Waals surface area contributed by atoms with Crippen LogP contribution in [0.25, 0.3) is 0 Å². The quantitative estimate of drug-likeness (QED) is 0.779. The predicted molar refractivity (Wildman–Crippen MR) is 84.0 cm³/mol. The number of carbonyl (C=O) groups is 1. The summed E-state index contributed by atoms with van der Waals surface area (Å²) in [6.45, 7) is 2.97. The summed E-state index contributed by atoms with van der Waals surface area (Å²) in [7, 11) is 0. The fraction of sp³-hybridized carbons (Fsp3) is 0.588. The molecule has 0 bridgehead atoms. The fourth-order valence-electron chi connectivity index (χ4n) is 2.99. The Balaban J connectivity index is 1.80. The van der Waals surface area contributed by atoms with Crippen LogP contribution in [0.4, 0.5) is 0 Å². The van der Waals surface area contributed by atoms with Crippen LogP contribution in [-0.4, -0.2) is 23.6 Å². The van der Waals surface area contributed by atoms with Crippen LogP contribution in [-0.2, 0) is 11.2 Å². The average molecular weight is 290 g/mol. The average Bonchev–Trinajstić information content (AvgIpc) is 2.48. The van der Waals surface area contributed by atoms with Gasteiger partial charge in [-0.2, -0.15) is 0 Å². The monoisotopic (exact) mass is 290 g/mol. The molecule has 116 valence electrons. The first-order chi connectivity index (χ1) is 9.98. The van der Waals surface area contributed by atoms with Crippen LogP contribution in [0.1, 0.15) is 44.6 Å². The normalized spacial score (nSPS) is 19.0. The molecule has 4 N–H and O–H groups in total. The van der Waals surface area contributed by atoms with E-state index in [1.54, 1.807) is 24.3 Å². The summed E-state index contributed by atoms with van der Waals surface area (Å²) >= 11 is 0. The molecule has 0 spiro atoms. The van der Waals surface area contributed by atoms with Gasteiger partial charge in [0.25, 0.3) is 0 Å². The van der Waals surface area contributed by atoms with Crippen molar-refractivity contribution in [3.63, 3.8) is 0 Å². The maximum atomic E-state index is 12.1. The third kappa shape index (κ3) is 4.74. The lowest BCUT2D eigenvalue weighted by molar-refractivity contribution is -0.122. The molecule has 0 heterocycles. The fourth-order valence-corrected chi connectivity index (χ4v) is 2.99. The van der Waals surface area contributed by atoms with Crippen LogP contribution in [0.2, 0.25) is 0 Å². The number of phenols is 1. The molecule has 0 radical (unpaired) electrons. The molecule has 0 aromatic heterocycles. The number of nitrogens with two attached hydrogens (primary N) is 1. The van der Waals surface area contributed by atoms with Crippen molar-refractivity contribution >= 4 is 5.91 Å². The van der Waals surface area contributed by atoms with Gasteiger partial charge in [-0.3, -0.25) is 4.79 Å². The van der Waals surface area contributed by atoms with Crippen LogP contribution in [0.15, 0.2) is 24.3 Å². The maximum absolute atomic E-state index is 12.1. The van der Waals surface area contributed by atoms with Gasteiger partial charge in [0.15, 0.2) is 0 Å². The van der Waals surface area contributed by atoms with E-state index >= 15 is 0 Å². The second-order valence-corrected chi connectivity index (χ2v) is 6.57. The van der Waals surface area contributed by atoms with Crippen LogP contribution < -0.4 is 11.1 Å². The highest BCUT2D eigenvalue weighted by atomic mass is 16.3. The first-order valence-electron chi connectivity index (χ1n) is 7.80. The van der Waals surface area contributed by atoms with Gasteiger partial charge in [-0.05, 0) is 42.4 Å². The minimum atomic E-state index is -0.540. The van der Waals surface area contributed by atoms with Gasteiger partial charge >= 0.3 is 0 Å². The van der Waals surface area contributed by atoms with Gasteiger partial charge in [0.2, 0.25) is 5.91 Å². The summed E-state index contributed by atoms with van der Waals surface area (Å²) in [5.41, 5.74) is 7.16. The minimum absolute atomic E-state index is 0.0881. The summed E-state index contributed by atoms with van der Waals surface area (Å²) in [5.74, 6) is 0.136. The Morgan fingerprint density at radius 1 is 1.29 bits per heavy atom. The predicted octanol–water partition coefficient (Wildman–Crippen LogP) is 2.35. The smallest absolute Gasteiger partial charge is 0.237 e. The highest BCUT2D eigenvalue weighted by Crippen LogP contribution is 2.34. The van der Waals surface area contributed by atoms with Crippen LogP contribution in [0.3, 0.4) is 0 Å². The van der Waals surface area contributed by atoms with E-state index in [-0.39, 0.29) is 17.1 Å². The molecule has 1 aromatic rings. The summed E-state index contributed by atoms with van der Waals surface area (Å²) in [4.78, 5) is 12.1. The number of hydrogen-bond acceptors (Lipinski definition) is 3. The molecular weight excluding hydrogens is 264 g/mol. The van der Waals surface area contributed by atoms with Crippen molar-refractivity contribution in [3.8, 4) is 5.75 Å². The molecular formula is C17H26N2O2. The molecule has 1 unspecified atom stereocenters. The number of nitrogens with one attached hydrogen (secondary N) is 1. The van der Waals surface area contributed by atoms with Gasteiger partial charge in [0, 0.05) is 6.54 Å². The molecule has 2 rings (SSSR count). The Kier molecular flexibility index (Phi) is 5.23. The highest BCUT2D eigenvalue weighted by molar-refractivity contribution is 5.81. The third-order valence-corrected chi connectivity index (χ3v) is 4.48.